The van der Waals surface area contributed by atoms with Gasteiger partial charge in [-0.2, -0.15) is 0 Å². The molecular weight excluding hydrogens is 208 g/mol. The molecule has 0 unspecified atom stereocenters. The van der Waals surface area contributed by atoms with Crippen LogP contribution in [0, 0.1) is 0 Å². The summed E-state index contributed by atoms with van der Waals surface area (Å²) in [6.07, 6.45) is 6.17. The van der Waals surface area contributed by atoms with Gasteiger partial charge >= 0.3 is 0 Å². The molecule has 88 valence electrons. The molecule has 2 rings (SSSR count). The van der Waals surface area contributed by atoms with Crippen LogP contribution in [0.2, 0.25) is 0 Å². The van der Waals surface area contributed by atoms with E-state index in [1.807, 2.05) is 0 Å². The van der Waals surface area contributed by atoms with E-state index in [4.69, 9.17) is 0 Å². The highest BCUT2D eigenvalue weighted by molar-refractivity contribution is 5.82. The Kier molecular flexibility index (Phi) is 4.31. The molecule has 17 heavy (non-hydrogen) atoms. The third-order valence-electron chi connectivity index (χ3n) is 3.10. The van der Waals surface area contributed by atoms with E-state index in [-0.39, 0.29) is 0 Å². The highest BCUT2D eigenvalue weighted by Gasteiger charge is 1.96. The van der Waals surface area contributed by atoms with E-state index in [9.17, 15) is 4.79 Å². The van der Waals surface area contributed by atoms with Gasteiger partial charge in [0.1, 0.15) is 6.29 Å². The number of hydrogen-bond donors (Lipinski definition) is 0. The molecule has 0 aromatic heterocycles. The zero-order chi connectivity index (χ0) is 11.9. The smallest absolute Gasteiger partial charge is 0.119 e. The van der Waals surface area contributed by atoms with Crippen molar-refractivity contribution in [3.8, 4) is 0 Å². The summed E-state index contributed by atoms with van der Waals surface area (Å²) in [6, 6.07) is 15.1. The predicted octanol–water partition coefficient (Wildman–Crippen LogP) is 4.14. The molecule has 0 heterocycles. The highest BCUT2D eigenvalue weighted by Crippen LogP contribution is 2.17. The Morgan fingerprint density at radius 2 is 1.71 bits per heavy atom. The van der Waals surface area contributed by atoms with Gasteiger partial charge in [0.05, 0.1) is 0 Å². The van der Waals surface area contributed by atoms with E-state index in [2.05, 4.69) is 42.5 Å². The van der Waals surface area contributed by atoms with Crippen molar-refractivity contribution in [1.82, 2.24) is 0 Å². The summed E-state index contributed by atoms with van der Waals surface area (Å²) in [7, 11) is 0. The Morgan fingerprint density at radius 3 is 2.53 bits per heavy atom. The largest absolute Gasteiger partial charge is 0.303 e. The number of fused-ring (bicyclic) bond motifs is 1. The van der Waals surface area contributed by atoms with Crippen LogP contribution >= 0.6 is 0 Å². The molecular formula is C16H18O. The Hall–Kier alpha value is -1.63. The molecule has 0 spiro atoms. The standard InChI is InChI=1S/C16H18O/c17-12-6-2-1-3-7-14-10-11-15-8-4-5-9-16(15)13-14/h4-5,8-13H,1-3,6-7H2. The van der Waals surface area contributed by atoms with Gasteiger partial charge in [0, 0.05) is 6.42 Å². The number of hydrogen-bond acceptors (Lipinski definition) is 1. The van der Waals surface area contributed by atoms with E-state index in [1.165, 1.54) is 22.8 Å². The van der Waals surface area contributed by atoms with Crippen molar-refractivity contribution in [3.63, 3.8) is 0 Å². The molecule has 0 atom stereocenters. The summed E-state index contributed by atoms with van der Waals surface area (Å²) < 4.78 is 0. The van der Waals surface area contributed by atoms with Crippen LogP contribution in [0.4, 0.5) is 0 Å². The molecule has 0 fully saturated rings. The Labute approximate surface area is 102 Å². The van der Waals surface area contributed by atoms with E-state index < -0.39 is 0 Å². The number of aldehydes is 1. The molecule has 0 aliphatic carbocycles. The maximum atomic E-state index is 10.2. The van der Waals surface area contributed by atoms with Crippen molar-refractivity contribution >= 4 is 17.1 Å². The van der Waals surface area contributed by atoms with Gasteiger partial charge in [-0.25, -0.2) is 0 Å². The van der Waals surface area contributed by atoms with Crippen LogP contribution in [0.1, 0.15) is 31.2 Å². The first-order valence-electron chi connectivity index (χ1n) is 6.31. The third kappa shape index (κ3) is 3.42. The summed E-state index contributed by atoms with van der Waals surface area (Å²) in [6.45, 7) is 0. The SMILES string of the molecule is O=CCCCCCc1ccc2ccccc2c1. The summed E-state index contributed by atoms with van der Waals surface area (Å²) in [5.74, 6) is 0. The number of aryl methyl sites for hydroxylation is 1. The number of carbonyl (C=O) groups excluding carboxylic acids is 1. The fourth-order valence-electron chi connectivity index (χ4n) is 2.13. The Bertz CT molecular complexity index is 488. The lowest BCUT2D eigenvalue weighted by molar-refractivity contribution is -0.107. The van der Waals surface area contributed by atoms with Crippen molar-refractivity contribution in [2.24, 2.45) is 0 Å². The number of unbranched alkanes of at least 4 members (excludes halogenated alkanes) is 3. The highest BCUT2D eigenvalue weighted by atomic mass is 16.1. The van der Waals surface area contributed by atoms with Gasteiger partial charge in [-0.1, -0.05) is 48.9 Å². The van der Waals surface area contributed by atoms with Crippen LogP contribution in [-0.2, 0) is 11.2 Å². The number of rotatable bonds is 6. The van der Waals surface area contributed by atoms with Gasteiger partial charge in [0.25, 0.3) is 0 Å². The minimum atomic E-state index is 0.706. The van der Waals surface area contributed by atoms with Crippen LogP contribution in [0.5, 0.6) is 0 Å². The van der Waals surface area contributed by atoms with E-state index in [0.717, 1.165) is 25.5 Å². The summed E-state index contributed by atoms with van der Waals surface area (Å²) >= 11 is 0. The zero-order valence-corrected chi connectivity index (χ0v) is 10.1. The zero-order valence-electron chi connectivity index (χ0n) is 10.1. The quantitative estimate of drug-likeness (QED) is 0.534. The van der Waals surface area contributed by atoms with E-state index in [1.54, 1.807) is 0 Å². The van der Waals surface area contributed by atoms with E-state index >= 15 is 0 Å². The van der Waals surface area contributed by atoms with Crippen molar-refractivity contribution in [2.75, 3.05) is 0 Å². The van der Waals surface area contributed by atoms with Crippen molar-refractivity contribution in [3.05, 3.63) is 48.0 Å². The topological polar surface area (TPSA) is 17.1 Å². The molecule has 0 saturated carbocycles. The first-order chi connectivity index (χ1) is 8.40. The molecule has 1 heteroatoms. The third-order valence-corrected chi connectivity index (χ3v) is 3.10. The van der Waals surface area contributed by atoms with Crippen LogP contribution in [0.3, 0.4) is 0 Å². The first kappa shape index (κ1) is 11.8. The lowest BCUT2D eigenvalue weighted by Crippen LogP contribution is -1.86. The summed E-state index contributed by atoms with van der Waals surface area (Å²) in [4.78, 5) is 10.2. The maximum absolute atomic E-state index is 10.2. The fraction of sp³-hybridized carbons (Fsp3) is 0.312. The molecule has 0 bridgehead atoms. The minimum absolute atomic E-state index is 0.706. The van der Waals surface area contributed by atoms with Gasteiger partial charge in [-0.15, -0.1) is 0 Å². The fourth-order valence-corrected chi connectivity index (χ4v) is 2.13. The van der Waals surface area contributed by atoms with Crippen LogP contribution in [-0.4, -0.2) is 6.29 Å². The average Bonchev–Trinajstić information content (AvgIpc) is 2.38. The van der Waals surface area contributed by atoms with E-state index in [0.29, 0.717) is 6.42 Å². The van der Waals surface area contributed by atoms with Crippen molar-refractivity contribution in [1.29, 1.82) is 0 Å². The monoisotopic (exact) mass is 226 g/mol. The molecule has 2 aromatic rings. The van der Waals surface area contributed by atoms with Crippen LogP contribution in [0.15, 0.2) is 42.5 Å². The minimum Gasteiger partial charge on any atom is -0.303 e. The molecule has 2 aromatic carbocycles. The molecule has 0 saturated heterocycles. The van der Waals surface area contributed by atoms with Gasteiger partial charge in [-0.3, -0.25) is 0 Å². The summed E-state index contributed by atoms with van der Waals surface area (Å²) in [5, 5.41) is 2.62. The van der Waals surface area contributed by atoms with Crippen molar-refractivity contribution < 1.29 is 4.79 Å². The predicted molar refractivity (Wildman–Crippen MR) is 72.2 cm³/mol. The molecule has 1 nitrogen and oxygen atoms in total. The maximum Gasteiger partial charge on any atom is 0.119 e. The Morgan fingerprint density at radius 1 is 0.882 bits per heavy atom. The lowest BCUT2D eigenvalue weighted by atomic mass is 10.0. The molecule has 0 radical (unpaired) electrons. The first-order valence-corrected chi connectivity index (χ1v) is 6.31. The Balaban J connectivity index is 1.92. The number of carbonyl (C=O) groups is 1. The molecule has 0 amide bonds. The van der Waals surface area contributed by atoms with Crippen molar-refractivity contribution in [2.45, 2.75) is 32.1 Å². The number of benzene rings is 2. The van der Waals surface area contributed by atoms with Crippen LogP contribution < -0.4 is 0 Å². The van der Waals surface area contributed by atoms with Gasteiger partial charge < -0.3 is 4.79 Å². The normalized spacial score (nSPS) is 10.6. The average molecular weight is 226 g/mol. The van der Waals surface area contributed by atoms with Crippen LogP contribution in [0.25, 0.3) is 10.8 Å². The molecule has 0 N–H and O–H groups in total. The second kappa shape index (κ2) is 6.19. The van der Waals surface area contributed by atoms with Gasteiger partial charge in [0.15, 0.2) is 0 Å². The summed E-state index contributed by atoms with van der Waals surface area (Å²) in [5.41, 5.74) is 1.40. The molecule has 0 aliphatic rings. The van der Waals surface area contributed by atoms with Gasteiger partial charge in [-0.05, 0) is 35.6 Å². The van der Waals surface area contributed by atoms with Gasteiger partial charge in [0.2, 0.25) is 0 Å². The second-order valence-corrected chi connectivity index (χ2v) is 4.45. The lowest BCUT2D eigenvalue weighted by Gasteiger charge is -2.03. The second-order valence-electron chi connectivity index (χ2n) is 4.45. The molecule has 0 aliphatic heterocycles.